The number of pyridine rings is 1. The lowest BCUT2D eigenvalue weighted by molar-refractivity contribution is 0.0699. The molecular weight excluding hydrogens is 370 g/mol. The van der Waals surface area contributed by atoms with Gasteiger partial charge in [-0.2, -0.15) is 0 Å². The van der Waals surface area contributed by atoms with Crippen molar-refractivity contribution in [2.75, 3.05) is 0 Å². The number of carbonyl (C=O) groups is 1. The number of benzene rings is 3. The monoisotopic (exact) mass is 385 g/mol. The standard InChI is InChI=1S/C24H16ClNO2/c25-19-12-13-22-20(14-19)21(24(27)28)15-23(26-22)18-10-8-17(9-11-18)7-6-16-4-2-1-3-5-16/h1-15H,(H,27,28)/b7-6+. The number of carboxylic acid groups (broad SMARTS) is 1. The molecule has 1 N–H and O–H groups in total. The summed E-state index contributed by atoms with van der Waals surface area (Å²) < 4.78 is 0. The maximum absolute atomic E-state index is 11.7. The summed E-state index contributed by atoms with van der Waals surface area (Å²) >= 11 is 6.02. The second-order valence-electron chi connectivity index (χ2n) is 6.39. The van der Waals surface area contributed by atoms with Crippen molar-refractivity contribution < 1.29 is 9.90 Å². The largest absolute Gasteiger partial charge is 0.478 e. The van der Waals surface area contributed by atoms with Crippen LogP contribution in [0.4, 0.5) is 0 Å². The fourth-order valence-corrected chi connectivity index (χ4v) is 3.22. The second kappa shape index (κ2) is 7.67. The van der Waals surface area contributed by atoms with Crippen LogP contribution in [0.5, 0.6) is 0 Å². The summed E-state index contributed by atoms with van der Waals surface area (Å²) in [6.07, 6.45) is 4.09. The van der Waals surface area contributed by atoms with Gasteiger partial charge in [0.15, 0.2) is 0 Å². The Morgan fingerprint density at radius 2 is 1.54 bits per heavy atom. The van der Waals surface area contributed by atoms with E-state index < -0.39 is 5.97 Å². The van der Waals surface area contributed by atoms with Crippen LogP contribution in [-0.2, 0) is 0 Å². The Labute approximate surface area is 167 Å². The minimum atomic E-state index is -1.00. The second-order valence-corrected chi connectivity index (χ2v) is 6.82. The maximum atomic E-state index is 11.7. The van der Waals surface area contributed by atoms with Gasteiger partial charge in [-0.15, -0.1) is 0 Å². The van der Waals surface area contributed by atoms with Crippen molar-refractivity contribution in [1.82, 2.24) is 4.98 Å². The number of aromatic nitrogens is 1. The highest BCUT2D eigenvalue weighted by atomic mass is 35.5. The van der Waals surface area contributed by atoms with E-state index in [1.165, 1.54) is 0 Å². The first-order valence-corrected chi connectivity index (χ1v) is 9.15. The molecular formula is C24H16ClNO2. The minimum Gasteiger partial charge on any atom is -0.478 e. The zero-order chi connectivity index (χ0) is 19.5. The topological polar surface area (TPSA) is 50.2 Å². The molecule has 0 unspecified atom stereocenters. The Balaban J connectivity index is 1.69. The molecule has 28 heavy (non-hydrogen) atoms. The van der Waals surface area contributed by atoms with Crippen molar-refractivity contribution in [3.8, 4) is 11.3 Å². The maximum Gasteiger partial charge on any atom is 0.336 e. The molecule has 1 heterocycles. The van der Waals surface area contributed by atoms with Gasteiger partial charge >= 0.3 is 5.97 Å². The number of halogens is 1. The highest BCUT2D eigenvalue weighted by molar-refractivity contribution is 6.31. The zero-order valence-electron chi connectivity index (χ0n) is 14.8. The van der Waals surface area contributed by atoms with Crippen molar-refractivity contribution in [3.63, 3.8) is 0 Å². The summed E-state index contributed by atoms with van der Waals surface area (Å²) in [5.41, 5.74) is 4.45. The van der Waals surface area contributed by atoms with Gasteiger partial charge in [0.05, 0.1) is 16.8 Å². The van der Waals surface area contributed by atoms with E-state index >= 15 is 0 Å². The highest BCUT2D eigenvalue weighted by Crippen LogP contribution is 2.27. The van der Waals surface area contributed by atoms with E-state index in [9.17, 15) is 9.90 Å². The average Bonchev–Trinajstić information content (AvgIpc) is 2.72. The molecule has 0 aliphatic rings. The minimum absolute atomic E-state index is 0.190. The number of fused-ring (bicyclic) bond motifs is 1. The van der Waals surface area contributed by atoms with Crippen molar-refractivity contribution in [1.29, 1.82) is 0 Å². The van der Waals surface area contributed by atoms with Crippen molar-refractivity contribution in [2.45, 2.75) is 0 Å². The van der Waals surface area contributed by atoms with Crippen LogP contribution in [0.2, 0.25) is 5.02 Å². The molecule has 136 valence electrons. The normalized spacial score (nSPS) is 11.2. The molecule has 4 heteroatoms. The Morgan fingerprint density at radius 1 is 0.857 bits per heavy atom. The lowest BCUT2D eigenvalue weighted by Crippen LogP contribution is -2.00. The van der Waals surface area contributed by atoms with E-state index in [0.29, 0.717) is 21.6 Å². The van der Waals surface area contributed by atoms with Crippen LogP contribution >= 0.6 is 11.6 Å². The number of rotatable bonds is 4. The van der Waals surface area contributed by atoms with Gasteiger partial charge in [0.25, 0.3) is 0 Å². The molecule has 0 bridgehead atoms. The van der Waals surface area contributed by atoms with Gasteiger partial charge in [0, 0.05) is 16.0 Å². The smallest absolute Gasteiger partial charge is 0.336 e. The van der Waals surface area contributed by atoms with Crippen LogP contribution < -0.4 is 0 Å². The first-order chi connectivity index (χ1) is 13.6. The fourth-order valence-electron chi connectivity index (χ4n) is 3.04. The third kappa shape index (κ3) is 3.80. The van der Waals surface area contributed by atoms with Crippen molar-refractivity contribution in [3.05, 3.63) is 101 Å². The molecule has 0 saturated carbocycles. The summed E-state index contributed by atoms with van der Waals surface area (Å²) in [6.45, 7) is 0. The van der Waals surface area contributed by atoms with Gasteiger partial charge in [-0.05, 0) is 35.4 Å². The molecule has 0 amide bonds. The zero-order valence-corrected chi connectivity index (χ0v) is 15.6. The van der Waals surface area contributed by atoms with Gasteiger partial charge in [-0.25, -0.2) is 9.78 Å². The van der Waals surface area contributed by atoms with Crippen molar-refractivity contribution in [2.24, 2.45) is 0 Å². The first-order valence-electron chi connectivity index (χ1n) is 8.77. The van der Waals surface area contributed by atoms with Crippen LogP contribution in [0.1, 0.15) is 21.5 Å². The molecule has 0 saturated heterocycles. The number of hydrogen-bond donors (Lipinski definition) is 1. The lowest BCUT2D eigenvalue weighted by atomic mass is 10.0. The molecule has 0 fully saturated rings. The third-order valence-corrected chi connectivity index (χ3v) is 4.71. The fraction of sp³-hybridized carbons (Fsp3) is 0. The van der Waals surface area contributed by atoms with Gasteiger partial charge in [-0.1, -0.05) is 78.4 Å². The Hall–Kier alpha value is -3.43. The number of aromatic carboxylic acids is 1. The number of nitrogens with zero attached hydrogens (tertiary/aromatic N) is 1. The molecule has 0 radical (unpaired) electrons. The number of carboxylic acids is 1. The molecule has 0 spiro atoms. The van der Waals surface area contributed by atoms with E-state index in [0.717, 1.165) is 16.7 Å². The highest BCUT2D eigenvalue weighted by Gasteiger charge is 2.13. The summed E-state index contributed by atoms with van der Waals surface area (Å²) in [5.74, 6) is -1.00. The predicted molar refractivity (Wildman–Crippen MR) is 115 cm³/mol. The summed E-state index contributed by atoms with van der Waals surface area (Å²) in [4.78, 5) is 16.3. The Bertz CT molecular complexity index is 1180. The molecule has 0 atom stereocenters. The van der Waals surface area contributed by atoms with Gasteiger partial charge < -0.3 is 5.11 Å². The van der Waals surface area contributed by atoms with Crippen LogP contribution in [0.25, 0.3) is 34.3 Å². The summed E-state index contributed by atoms with van der Waals surface area (Å²) in [5, 5.41) is 10.6. The lowest BCUT2D eigenvalue weighted by Gasteiger charge is -2.08. The SMILES string of the molecule is O=C(O)c1cc(-c2ccc(/C=C/c3ccccc3)cc2)nc2ccc(Cl)cc12. The predicted octanol–water partition coefficient (Wildman–Crippen LogP) is 6.42. The molecule has 4 aromatic rings. The van der Waals surface area contributed by atoms with E-state index in [-0.39, 0.29) is 5.56 Å². The third-order valence-electron chi connectivity index (χ3n) is 4.48. The van der Waals surface area contributed by atoms with E-state index in [1.807, 2.05) is 60.7 Å². The van der Waals surface area contributed by atoms with E-state index in [2.05, 4.69) is 11.1 Å². The van der Waals surface area contributed by atoms with Crippen LogP contribution in [0.15, 0.2) is 78.9 Å². The quantitative estimate of drug-likeness (QED) is 0.412. The Morgan fingerprint density at radius 3 is 2.21 bits per heavy atom. The summed E-state index contributed by atoms with van der Waals surface area (Å²) in [7, 11) is 0. The van der Waals surface area contributed by atoms with Gasteiger partial charge in [0.1, 0.15) is 0 Å². The van der Waals surface area contributed by atoms with Gasteiger partial charge in [-0.3, -0.25) is 0 Å². The van der Waals surface area contributed by atoms with Gasteiger partial charge in [0.2, 0.25) is 0 Å². The average molecular weight is 386 g/mol. The molecule has 4 rings (SSSR count). The number of hydrogen-bond acceptors (Lipinski definition) is 2. The molecule has 0 aliphatic carbocycles. The van der Waals surface area contributed by atoms with E-state index in [4.69, 9.17) is 11.6 Å². The molecule has 3 aromatic carbocycles. The molecule has 3 nitrogen and oxygen atoms in total. The van der Waals surface area contributed by atoms with Crippen LogP contribution in [0.3, 0.4) is 0 Å². The Kier molecular flexibility index (Phi) is 4.92. The van der Waals surface area contributed by atoms with Crippen LogP contribution in [-0.4, -0.2) is 16.1 Å². The molecule has 1 aromatic heterocycles. The first kappa shape index (κ1) is 18.0. The van der Waals surface area contributed by atoms with E-state index in [1.54, 1.807) is 24.3 Å². The van der Waals surface area contributed by atoms with Crippen molar-refractivity contribution >= 4 is 40.6 Å². The van der Waals surface area contributed by atoms with Crippen LogP contribution in [0, 0.1) is 0 Å². The summed E-state index contributed by atoms with van der Waals surface area (Å²) in [6, 6.07) is 24.6. The molecule has 0 aliphatic heterocycles.